The van der Waals surface area contributed by atoms with Crippen LogP contribution in [-0.4, -0.2) is 20.5 Å². The van der Waals surface area contributed by atoms with Crippen LogP contribution in [0.2, 0.25) is 0 Å². The van der Waals surface area contributed by atoms with Crippen molar-refractivity contribution in [2.24, 2.45) is 0 Å². The lowest BCUT2D eigenvalue weighted by atomic mass is 9.97. The fourth-order valence-corrected chi connectivity index (χ4v) is 3.00. The van der Waals surface area contributed by atoms with Crippen molar-refractivity contribution in [1.29, 1.82) is 0 Å². The van der Waals surface area contributed by atoms with Crippen LogP contribution in [0.5, 0.6) is 0 Å². The molecule has 8 heteroatoms. The molecule has 0 bridgehead atoms. The third-order valence-corrected chi connectivity index (χ3v) is 4.08. The fourth-order valence-electron chi connectivity index (χ4n) is 3.00. The van der Waals surface area contributed by atoms with E-state index < -0.39 is 11.5 Å². The SMILES string of the molecule is O=C(Nc1ccco1)c1c(=O)[nH]n2c(=O)c3c([nH]c12)CCCC3. The van der Waals surface area contributed by atoms with Crippen molar-refractivity contribution >= 4 is 17.4 Å². The lowest BCUT2D eigenvalue weighted by molar-refractivity contribution is 0.102. The highest BCUT2D eigenvalue weighted by molar-refractivity contribution is 6.07. The molecule has 3 N–H and O–H groups in total. The highest BCUT2D eigenvalue weighted by Crippen LogP contribution is 2.18. The van der Waals surface area contributed by atoms with Crippen molar-refractivity contribution in [3.8, 4) is 0 Å². The number of nitrogens with zero attached hydrogens (tertiary/aromatic N) is 1. The van der Waals surface area contributed by atoms with E-state index >= 15 is 0 Å². The summed E-state index contributed by atoms with van der Waals surface area (Å²) >= 11 is 0. The lowest BCUT2D eigenvalue weighted by Crippen LogP contribution is -2.25. The van der Waals surface area contributed by atoms with Crippen LogP contribution < -0.4 is 16.4 Å². The summed E-state index contributed by atoms with van der Waals surface area (Å²) in [6, 6.07) is 3.19. The standard InChI is InChI=1S/C15H14N4O4/c20-13(17-10-6-3-7-23-10)11-12-16-9-5-2-1-4-8(9)15(22)19(12)18-14(11)21/h3,6-7,16H,1-2,4-5H2,(H,17,20)(H,18,21). The molecule has 3 heterocycles. The molecule has 0 radical (unpaired) electrons. The van der Waals surface area contributed by atoms with Crippen LogP contribution in [-0.2, 0) is 12.8 Å². The monoisotopic (exact) mass is 314 g/mol. The predicted molar refractivity (Wildman–Crippen MR) is 81.9 cm³/mol. The summed E-state index contributed by atoms with van der Waals surface area (Å²) in [5.74, 6) is -0.399. The molecule has 118 valence electrons. The molecule has 4 rings (SSSR count). The number of carbonyl (C=O) groups excluding carboxylic acids is 1. The Morgan fingerprint density at radius 2 is 2.09 bits per heavy atom. The number of hydrogen-bond acceptors (Lipinski definition) is 4. The van der Waals surface area contributed by atoms with E-state index in [0.717, 1.165) is 29.5 Å². The van der Waals surface area contributed by atoms with Crippen molar-refractivity contribution in [1.82, 2.24) is 14.6 Å². The van der Waals surface area contributed by atoms with Gasteiger partial charge in [0.05, 0.1) is 6.26 Å². The molecule has 0 aliphatic heterocycles. The zero-order chi connectivity index (χ0) is 16.0. The van der Waals surface area contributed by atoms with Gasteiger partial charge in [0.25, 0.3) is 17.0 Å². The smallest absolute Gasteiger partial charge is 0.279 e. The van der Waals surface area contributed by atoms with E-state index in [9.17, 15) is 14.4 Å². The summed E-state index contributed by atoms with van der Waals surface area (Å²) in [6.07, 6.45) is 4.74. The van der Waals surface area contributed by atoms with Gasteiger partial charge in [-0.3, -0.25) is 24.8 Å². The van der Waals surface area contributed by atoms with E-state index in [1.807, 2.05) is 0 Å². The predicted octanol–water partition coefficient (Wildman–Crippen LogP) is 1.04. The highest BCUT2D eigenvalue weighted by atomic mass is 16.3. The zero-order valence-electron chi connectivity index (χ0n) is 12.1. The minimum absolute atomic E-state index is 0.133. The van der Waals surface area contributed by atoms with Gasteiger partial charge >= 0.3 is 0 Å². The quantitative estimate of drug-likeness (QED) is 0.656. The molecule has 8 nitrogen and oxygen atoms in total. The van der Waals surface area contributed by atoms with Gasteiger partial charge in [0.15, 0.2) is 11.5 Å². The van der Waals surface area contributed by atoms with E-state index in [1.54, 1.807) is 12.1 Å². The number of aromatic nitrogens is 3. The van der Waals surface area contributed by atoms with E-state index in [-0.39, 0.29) is 22.7 Å². The van der Waals surface area contributed by atoms with E-state index in [2.05, 4.69) is 15.4 Å². The number of aromatic amines is 2. The maximum Gasteiger partial charge on any atom is 0.279 e. The Morgan fingerprint density at radius 1 is 1.26 bits per heavy atom. The third kappa shape index (κ3) is 2.10. The first kappa shape index (κ1) is 13.6. The first-order valence-electron chi connectivity index (χ1n) is 7.39. The van der Waals surface area contributed by atoms with Crippen LogP contribution in [0.4, 0.5) is 5.88 Å². The van der Waals surface area contributed by atoms with E-state index in [1.165, 1.54) is 6.26 Å². The van der Waals surface area contributed by atoms with Crippen LogP contribution >= 0.6 is 0 Å². The number of anilines is 1. The maximum atomic E-state index is 12.5. The number of furan rings is 1. The number of carbonyl (C=O) groups is 1. The second-order valence-electron chi connectivity index (χ2n) is 5.53. The average Bonchev–Trinajstić information content (AvgIpc) is 3.15. The number of amides is 1. The van der Waals surface area contributed by atoms with Crippen molar-refractivity contribution in [2.75, 3.05) is 5.32 Å². The van der Waals surface area contributed by atoms with Crippen molar-refractivity contribution in [3.05, 3.63) is 55.9 Å². The second-order valence-corrected chi connectivity index (χ2v) is 5.53. The molecule has 3 aromatic heterocycles. The Bertz CT molecular complexity index is 1010. The summed E-state index contributed by atoms with van der Waals surface area (Å²) in [4.78, 5) is 40.1. The Hall–Kier alpha value is -3.03. The summed E-state index contributed by atoms with van der Waals surface area (Å²) in [7, 11) is 0. The van der Waals surface area contributed by atoms with E-state index in [0.29, 0.717) is 12.0 Å². The number of fused-ring (bicyclic) bond motifs is 2. The van der Waals surface area contributed by atoms with Gasteiger partial charge < -0.3 is 9.40 Å². The van der Waals surface area contributed by atoms with Gasteiger partial charge in [-0.05, 0) is 31.7 Å². The van der Waals surface area contributed by atoms with Crippen molar-refractivity contribution in [2.45, 2.75) is 25.7 Å². The number of H-pyrrole nitrogens is 2. The molecule has 0 saturated carbocycles. The number of rotatable bonds is 2. The minimum Gasteiger partial charge on any atom is -0.449 e. The average molecular weight is 314 g/mol. The molecule has 0 aromatic carbocycles. The van der Waals surface area contributed by atoms with Gasteiger partial charge in [-0.2, -0.15) is 4.52 Å². The Morgan fingerprint density at radius 3 is 2.87 bits per heavy atom. The Kier molecular flexibility index (Phi) is 2.97. The van der Waals surface area contributed by atoms with E-state index in [4.69, 9.17) is 4.42 Å². The number of hydrogen-bond donors (Lipinski definition) is 3. The normalized spacial score (nSPS) is 13.9. The number of aryl methyl sites for hydroxylation is 1. The Balaban J connectivity index is 1.88. The van der Waals surface area contributed by atoms with Crippen molar-refractivity contribution in [3.63, 3.8) is 0 Å². The van der Waals surface area contributed by atoms with Gasteiger partial charge in [0, 0.05) is 17.3 Å². The van der Waals surface area contributed by atoms with Gasteiger partial charge in [0.2, 0.25) is 0 Å². The molecule has 0 atom stereocenters. The van der Waals surface area contributed by atoms with Crippen LogP contribution in [0.15, 0.2) is 32.4 Å². The molecule has 0 fully saturated rings. The van der Waals surface area contributed by atoms with Gasteiger partial charge in [-0.25, -0.2) is 0 Å². The molecule has 1 aliphatic rings. The third-order valence-electron chi connectivity index (χ3n) is 4.08. The first-order chi connectivity index (χ1) is 11.1. The summed E-state index contributed by atoms with van der Waals surface area (Å²) in [5.41, 5.74) is 0.629. The summed E-state index contributed by atoms with van der Waals surface area (Å²) < 4.78 is 6.16. The van der Waals surface area contributed by atoms with Crippen molar-refractivity contribution < 1.29 is 9.21 Å². The second kappa shape index (κ2) is 5.01. The Labute approximate surface area is 129 Å². The van der Waals surface area contributed by atoms with Crippen LogP contribution in [0, 0.1) is 0 Å². The van der Waals surface area contributed by atoms with Gasteiger partial charge in [0.1, 0.15) is 5.56 Å². The first-order valence-corrected chi connectivity index (χ1v) is 7.39. The molecule has 23 heavy (non-hydrogen) atoms. The van der Waals surface area contributed by atoms with Crippen LogP contribution in [0.3, 0.4) is 0 Å². The zero-order valence-corrected chi connectivity index (χ0v) is 12.1. The molecule has 1 aliphatic carbocycles. The molecular formula is C15H14N4O4. The van der Waals surface area contributed by atoms with Gasteiger partial charge in [-0.1, -0.05) is 0 Å². The number of nitrogens with one attached hydrogen (secondary N) is 3. The molecule has 0 spiro atoms. The molecule has 1 amide bonds. The molecular weight excluding hydrogens is 300 g/mol. The molecule has 0 saturated heterocycles. The summed E-state index contributed by atoms with van der Waals surface area (Å²) in [5, 5.41) is 4.93. The highest BCUT2D eigenvalue weighted by Gasteiger charge is 2.23. The van der Waals surface area contributed by atoms with Crippen LogP contribution in [0.1, 0.15) is 34.5 Å². The lowest BCUT2D eigenvalue weighted by Gasteiger charge is -2.15. The molecule has 0 unspecified atom stereocenters. The fraction of sp³-hybridized carbons (Fsp3) is 0.267. The topological polar surface area (TPSA) is 112 Å². The van der Waals surface area contributed by atoms with Crippen LogP contribution in [0.25, 0.3) is 5.65 Å². The maximum absolute atomic E-state index is 12.5. The largest absolute Gasteiger partial charge is 0.449 e. The van der Waals surface area contributed by atoms with Gasteiger partial charge in [-0.15, -0.1) is 0 Å². The molecule has 3 aromatic rings. The summed E-state index contributed by atoms with van der Waals surface area (Å²) in [6.45, 7) is 0. The minimum atomic E-state index is -0.630.